The Kier molecular flexibility index (Phi) is 9.78. The van der Waals surface area contributed by atoms with Gasteiger partial charge < -0.3 is 25.8 Å². The average Bonchev–Trinajstić information content (AvgIpc) is 3.29. The molecule has 0 spiro atoms. The van der Waals surface area contributed by atoms with Gasteiger partial charge in [-0.05, 0) is 50.5 Å². The molecule has 1 fully saturated rings. The number of carbonyl (C=O) groups is 3. The van der Waals surface area contributed by atoms with Crippen LogP contribution in [0.4, 0.5) is 0 Å². The smallest absolute Gasteiger partial charge is 0.323 e. The molecule has 0 radical (unpaired) electrons. The number of aliphatic carboxylic acids is 1. The minimum absolute atomic E-state index is 0.00346. The monoisotopic (exact) mass is 561 g/mol. The number of rotatable bonds is 11. The van der Waals surface area contributed by atoms with Crippen LogP contribution in [0.5, 0.6) is 0 Å². The van der Waals surface area contributed by atoms with Gasteiger partial charge in [0.2, 0.25) is 21.8 Å². The number of carboxylic acid groups (broad SMARTS) is 1. The number of likely N-dealkylation sites (tertiary alicyclic amines) is 1. The van der Waals surface area contributed by atoms with Crippen LogP contribution in [0.1, 0.15) is 41.8 Å². The lowest BCUT2D eigenvalue weighted by atomic mass is 10.0. The molecule has 39 heavy (non-hydrogen) atoms. The number of nitrogens with one attached hydrogen (secondary N) is 2. The number of nitrogens with zero attached hydrogens (tertiary/aromatic N) is 2. The standard InChI is InChI=1S/C26H35N5O7S/c1-15-9-16(2)25(17(3)10-15)39(36,37)30-21(26(34)35)12-29-23(33)14-38-19-11-22(31(13-19)18(4)32)24(27)20-7-5-6-8-28-20/h5-10,19,21-22,24,30H,11-14,27H2,1-4H3,(H,29,33)(H,34,35). The molecule has 4 unspecified atom stereocenters. The zero-order chi connectivity index (χ0) is 28.9. The minimum Gasteiger partial charge on any atom is -0.480 e. The second-order valence-electron chi connectivity index (χ2n) is 9.73. The maximum Gasteiger partial charge on any atom is 0.323 e. The number of hydrogen-bond acceptors (Lipinski definition) is 8. The molecule has 5 N–H and O–H groups in total. The molecule has 3 rings (SSSR count). The van der Waals surface area contributed by atoms with Gasteiger partial charge in [-0.15, -0.1) is 0 Å². The average molecular weight is 562 g/mol. The highest BCUT2D eigenvalue weighted by Crippen LogP contribution is 2.29. The molecule has 1 saturated heterocycles. The summed E-state index contributed by atoms with van der Waals surface area (Å²) in [5.41, 5.74) is 8.85. The first-order valence-electron chi connectivity index (χ1n) is 12.4. The number of sulfonamides is 1. The van der Waals surface area contributed by atoms with Gasteiger partial charge in [0.15, 0.2) is 0 Å². The minimum atomic E-state index is -4.18. The molecule has 13 heteroatoms. The van der Waals surface area contributed by atoms with E-state index in [-0.39, 0.29) is 23.4 Å². The van der Waals surface area contributed by atoms with Gasteiger partial charge in [0.05, 0.1) is 28.8 Å². The Morgan fingerprint density at radius 3 is 2.44 bits per heavy atom. The van der Waals surface area contributed by atoms with Crippen LogP contribution in [0.3, 0.4) is 0 Å². The van der Waals surface area contributed by atoms with E-state index in [0.29, 0.717) is 23.2 Å². The summed E-state index contributed by atoms with van der Waals surface area (Å²) >= 11 is 0. The largest absolute Gasteiger partial charge is 0.480 e. The van der Waals surface area contributed by atoms with Gasteiger partial charge in [0, 0.05) is 26.2 Å². The van der Waals surface area contributed by atoms with E-state index in [1.54, 1.807) is 55.3 Å². The third-order valence-electron chi connectivity index (χ3n) is 6.58. The Morgan fingerprint density at radius 2 is 1.87 bits per heavy atom. The van der Waals surface area contributed by atoms with Gasteiger partial charge >= 0.3 is 5.97 Å². The van der Waals surface area contributed by atoms with E-state index in [1.165, 1.54) is 6.92 Å². The molecule has 12 nitrogen and oxygen atoms in total. The molecule has 212 valence electrons. The van der Waals surface area contributed by atoms with E-state index in [1.807, 2.05) is 6.92 Å². The van der Waals surface area contributed by atoms with Crippen molar-refractivity contribution in [3.8, 4) is 0 Å². The first-order valence-corrected chi connectivity index (χ1v) is 13.9. The summed E-state index contributed by atoms with van der Waals surface area (Å²) in [5.74, 6) is -2.26. The highest BCUT2D eigenvalue weighted by atomic mass is 32.2. The van der Waals surface area contributed by atoms with Crippen LogP contribution in [0.2, 0.25) is 0 Å². The van der Waals surface area contributed by atoms with Crippen molar-refractivity contribution in [1.29, 1.82) is 0 Å². The number of benzene rings is 1. The molecule has 0 aliphatic carbocycles. The SMILES string of the molecule is CC(=O)N1CC(OCC(=O)NCC(NS(=O)(=O)c2c(C)cc(C)cc2C)C(=O)O)CC1C(N)c1ccccn1. The quantitative estimate of drug-likeness (QED) is 0.305. The number of amides is 2. The summed E-state index contributed by atoms with van der Waals surface area (Å²) in [6.45, 7) is 5.87. The fraction of sp³-hybridized carbons (Fsp3) is 0.462. The number of carboxylic acids is 1. The zero-order valence-electron chi connectivity index (χ0n) is 22.4. The molecule has 2 amide bonds. The van der Waals surface area contributed by atoms with Crippen LogP contribution in [0.15, 0.2) is 41.4 Å². The highest BCUT2D eigenvalue weighted by Gasteiger charge is 2.39. The summed E-state index contributed by atoms with van der Waals surface area (Å²) in [7, 11) is -4.18. The number of pyridine rings is 1. The Morgan fingerprint density at radius 1 is 1.21 bits per heavy atom. The molecule has 0 bridgehead atoms. The molecule has 1 aliphatic rings. The van der Waals surface area contributed by atoms with Gasteiger partial charge in [-0.3, -0.25) is 19.4 Å². The van der Waals surface area contributed by atoms with Crippen LogP contribution >= 0.6 is 0 Å². The molecular formula is C26H35N5O7S. The van der Waals surface area contributed by atoms with Crippen molar-refractivity contribution in [2.75, 3.05) is 19.7 Å². The van der Waals surface area contributed by atoms with E-state index in [2.05, 4.69) is 15.0 Å². The predicted molar refractivity (Wildman–Crippen MR) is 142 cm³/mol. The number of aryl methyl sites for hydroxylation is 3. The van der Waals surface area contributed by atoms with Crippen molar-refractivity contribution in [2.45, 2.75) is 63.2 Å². The third kappa shape index (κ3) is 7.60. The van der Waals surface area contributed by atoms with Crippen LogP contribution in [-0.2, 0) is 29.1 Å². The summed E-state index contributed by atoms with van der Waals surface area (Å²) in [5, 5.41) is 12.0. The third-order valence-corrected chi connectivity index (χ3v) is 8.35. The molecule has 0 saturated carbocycles. The lowest BCUT2D eigenvalue weighted by molar-refractivity contribution is -0.139. The fourth-order valence-electron chi connectivity index (χ4n) is 4.90. The van der Waals surface area contributed by atoms with E-state index >= 15 is 0 Å². The molecule has 2 heterocycles. The van der Waals surface area contributed by atoms with Gasteiger partial charge in [0.25, 0.3) is 0 Å². The first kappa shape index (κ1) is 30.2. The molecule has 2 aromatic rings. The van der Waals surface area contributed by atoms with E-state index < -0.39 is 53.2 Å². The molecule has 1 aromatic carbocycles. The second kappa shape index (κ2) is 12.6. The summed E-state index contributed by atoms with van der Waals surface area (Å²) < 4.78 is 33.8. The van der Waals surface area contributed by atoms with Crippen LogP contribution in [0.25, 0.3) is 0 Å². The summed E-state index contributed by atoms with van der Waals surface area (Å²) in [6, 6.07) is 6.23. The van der Waals surface area contributed by atoms with Gasteiger partial charge in [0.1, 0.15) is 12.6 Å². The van der Waals surface area contributed by atoms with Crippen LogP contribution in [0, 0.1) is 20.8 Å². The maximum absolute atomic E-state index is 13.0. The lowest BCUT2D eigenvalue weighted by Crippen LogP contribution is -2.49. The number of hydrogen-bond donors (Lipinski definition) is 4. The Bertz CT molecular complexity index is 1300. The number of aromatic nitrogens is 1. The Labute approximate surface area is 228 Å². The fourth-order valence-corrected chi connectivity index (χ4v) is 6.54. The van der Waals surface area contributed by atoms with Gasteiger partial charge in [-0.25, -0.2) is 8.42 Å². The van der Waals surface area contributed by atoms with Crippen molar-refractivity contribution in [1.82, 2.24) is 19.9 Å². The Hall–Kier alpha value is -3.39. The van der Waals surface area contributed by atoms with Crippen molar-refractivity contribution >= 4 is 27.8 Å². The van der Waals surface area contributed by atoms with E-state index in [0.717, 1.165) is 5.56 Å². The zero-order valence-corrected chi connectivity index (χ0v) is 23.2. The van der Waals surface area contributed by atoms with Crippen molar-refractivity contribution in [3.63, 3.8) is 0 Å². The Balaban J connectivity index is 1.57. The second-order valence-corrected chi connectivity index (χ2v) is 11.4. The van der Waals surface area contributed by atoms with Crippen molar-refractivity contribution in [3.05, 3.63) is 58.9 Å². The van der Waals surface area contributed by atoms with Crippen LogP contribution < -0.4 is 15.8 Å². The number of nitrogens with two attached hydrogens (primary N) is 1. The summed E-state index contributed by atoms with van der Waals surface area (Å²) in [6.07, 6.45) is 1.53. The normalized spacial score (nSPS) is 18.9. The van der Waals surface area contributed by atoms with Crippen LogP contribution in [-0.4, -0.2) is 79.1 Å². The highest BCUT2D eigenvalue weighted by molar-refractivity contribution is 7.89. The summed E-state index contributed by atoms with van der Waals surface area (Å²) in [4.78, 5) is 42.3. The molecule has 1 aromatic heterocycles. The van der Waals surface area contributed by atoms with Crippen molar-refractivity contribution < 1.29 is 32.6 Å². The van der Waals surface area contributed by atoms with Gasteiger partial charge in [-0.1, -0.05) is 23.8 Å². The van der Waals surface area contributed by atoms with Gasteiger partial charge in [-0.2, -0.15) is 4.72 Å². The topological polar surface area (TPSA) is 181 Å². The van der Waals surface area contributed by atoms with Crippen molar-refractivity contribution in [2.24, 2.45) is 5.73 Å². The molecule has 4 atom stereocenters. The lowest BCUT2D eigenvalue weighted by Gasteiger charge is -2.27. The predicted octanol–water partition coefficient (Wildman–Crippen LogP) is 0.561. The first-order chi connectivity index (χ1) is 18.3. The molecule has 1 aliphatic heterocycles. The maximum atomic E-state index is 13.0. The van der Waals surface area contributed by atoms with E-state index in [9.17, 15) is 27.9 Å². The molecular weight excluding hydrogens is 526 g/mol. The van der Waals surface area contributed by atoms with E-state index in [4.69, 9.17) is 10.5 Å². The number of ether oxygens (including phenoxy) is 1. The number of carbonyl (C=O) groups excluding carboxylic acids is 2.